The lowest BCUT2D eigenvalue weighted by molar-refractivity contribution is 0.102. The second-order valence-corrected chi connectivity index (χ2v) is 4.82. The fraction of sp³-hybridized carbons (Fsp3) is 0.300. The van der Waals surface area contributed by atoms with Gasteiger partial charge in [-0.05, 0) is 28.1 Å². The van der Waals surface area contributed by atoms with Crippen LogP contribution in [0.4, 0.5) is 0 Å². The Morgan fingerprint density at radius 1 is 1.53 bits per heavy atom. The monoisotopic (exact) mass is 307 g/mol. The highest BCUT2D eigenvalue weighted by Crippen LogP contribution is 2.26. The van der Waals surface area contributed by atoms with Crippen LogP contribution in [0.3, 0.4) is 0 Å². The number of hydrogen-bond donors (Lipinski definition) is 0. The van der Waals surface area contributed by atoms with Crippen molar-refractivity contribution in [3.05, 3.63) is 33.3 Å². The van der Waals surface area contributed by atoms with Gasteiger partial charge in [-0.3, -0.25) is 0 Å². The number of hydrogen-bond acceptors (Lipinski definition) is 2. The molecule has 1 aromatic carbocycles. The molecule has 0 N–H and O–H groups in total. The molecule has 2 nitrogen and oxygen atoms in total. The topological polar surface area (TPSA) is 21.6 Å². The minimum Gasteiger partial charge on any atom is -0.391 e. The van der Waals surface area contributed by atoms with Crippen molar-refractivity contribution in [1.29, 1.82) is 0 Å². The van der Waals surface area contributed by atoms with Crippen LogP contribution in [0.1, 0.15) is 12.0 Å². The van der Waals surface area contributed by atoms with Gasteiger partial charge >= 0.3 is 0 Å². The summed E-state index contributed by atoms with van der Waals surface area (Å²) in [6.07, 6.45) is 0.744. The molecular formula is C10H8BrCl2NO. The number of benzene rings is 1. The maximum absolute atomic E-state index is 5.90. The van der Waals surface area contributed by atoms with E-state index in [0.29, 0.717) is 10.9 Å². The van der Waals surface area contributed by atoms with E-state index < -0.39 is 0 Å². The van der Waals surface area contributed by atoms with Crippen molar-refractivity contribution in [3.8, 4) is 0 Å². The van der Waals surface area contributed by atoms with Crippen molar-refractivity contribution < 1.29 is 4.84 Å². The summed E-state index contributed by atoms with van der Waals surface area (Å²) in [5.41, 5.74) is 1.93. The molecule has 0 aliphatic carbocycles. The predicted octanol–water partition coefficient (Wildman–Crippen LogP) is 3.83. The Bertz CT molecular complexity index is 408. The molecule has 0 amide bonds. The van der Waals surface area contributed by atoms with Crippen LogP contribution in [0.15, 0.2) is 27.8 Å². The molecule has 1 aromatic rings. The van der Waals surface area contributed by atoms with Crippen LogP contribution < -0.4 is 0 Å². The SMILES string of the molecule is ClCC1CC(c2ccc(Cl)c(Br)c2)=NO1. The smallest absolute Gasteiger partial charge is 0.146 e. The van der Waals surface area contributed by atoms with Crippen molar-refractivity contribution >= 4 is 44.8 Å². The minimum absolute atomic E-state index is 0.00359. The van der Waals surface area contributed by atoms with Crippen LogP contribution in [-0.2, 0) is 4.84 Å². The molecule has 0 saturated heterocycles. The second-order valence-electron chi connectivity index (χ2n) is 3.25. The van der Waals surface area contributed by atoms with Crippen LogP contribution in [0.5, 0.6) is 0 Å². The van der Waals surface area contributed by atoms with Crippen LogP contribution >= 0.6 is 39.1 Å². The van der Waals surface area contributed by atoms with E-state index in [1.54, 1.807) is 0 Å². The summed E-state index contributed by atoms with van der Waals surface area (Å²) in [6.45, 7) is 0. The van der Waals surface area contributed by atoms with Gasteiger partial charge in [0.05, 0.1) is 16.6 Å². The lowest BCUT2D eigenvalue weighted by Crippen LogP contribution is -2.09. The maximum atomic E-state index is 5.90. The molecular weight excluding hydrogens is 301 g/mol. The van der Waals surface area contributed by atoms with Gasteiger partial charge in [-0.1, -0.05) is 22.8 Å². The highest BCUT2D eigenvalue weighted by atomic mass is 79.9. The van der Waals surface area contributed by atoms with Crippen LogP contribution in [0.2, 0.25) is 5.02 Å². The molecule has 15 heavy (non-hydrogen) atoms. The summed E-state index contributed by atoms with van der Waals surface area (Å²) in [6, 6.07) is 5.69. The van der Waals surface area contributed by atoms with E-state index in [-0.39, 0.29) is 6.10 Å². The summed E-state index contributed by atoms with van der Waals surface area (Å²) in [5.74, 6) is 0.460. The Morgan fingerprint density at radius 2 is 2.33 bits per heavy atom. The number of nitrogens with zero attached hydrogens (tertiary/aromatic N) is 1. The highest BCUT2D eigenvalue weighted by molar-refractivity contribution is 9.10. The average Bonchev–Trinajstić information content (AvgIpc) is 2.70. The van der Waals surface area contributed by atoms with E-state index >= 15 is 0 Å². The van der Waals surface area contributed by atoms with E-state index in [1.807, 2.05) is 18.2 Å². The third kappa shape index (κ3) is 2.47. The Kier molecular flexibility index (Phi) is 3.54. The summed E-state index contributed by atoms with van der Waals surface area (Å²) in [4.78, 5) is 5.15. The van der Waals surface area contributed by atoms with Crippen molar-refractivity contribution in [2.45, 2.75) is 12.5 Å². The largest absolute Gasteiger partial charge is 0.391 e. The van der Waals surface area contributed by atoms with Gasteiger partial charge in [-0.2, -0.15) is 0 Å². The highest BCUT2D eigenvalue weighted by Gasteiger charge is 2.21. The zero-order chi connectivity index (χ0) is 10.8. The molecule has 0 saturated carbocycles. The third-order valence-corrected chi connectivity index (χ3v) is 3.72. The lowest BCUT2D eigenvalue weighted by atomic mass is 10.1. The molecule has 1 aliphatic heterocycles. The molecule has 2 rings (SSSR count). The number of halogens is 3. The van der Waals surface area contributed by atoms with Crippen LogP contribution in [0.25, 0.3) is 0 Å². The van der Waals surface area contributed by atoms with Crippen LogP contribution in [-0.4, -0.2) is 17.7 Å². The second kappa shape index (κ2) is 4.73. The zero-order valence-electron chi connectivity index (χ0n) is 7.71. The predicted molar refractivity (Wildman–Crippen MR) is 65.9 cm³/mol. The van der Waals surface area contributed by atoms with Gasteiger partial charge < -0.3 is 4.84 Å². The first kappa shape index (κ1) is 11.2. The van der Waals surface area contributed by atoms with Crippen LogP contribution in [0, 0.1) is 0 Å². The molecule has 0 spiro atoms. The molecule has 1 unspecified atom stereocenters. The maximum Gasteiger partial charge on any atom is 0.146 e. The fourth-order valence-electron chi connectivity index (χ4n) is 1.36. The molecule has 0 fully saturated rings. The molecule has 5 heteroatoms. The molecule has 1 heterocycles. The minimum atomic E-state index is -0.00359. The fourth-order valence-corrected chi connectivity index (χ4v) is 2.02. The first-order valence-corrected chi connectivity index (χ1v) is 6.15. The first-order valence-electron chi connectivity index (χ1n) is 4.45. The Labute approximate surface area is 106 Å². The van der Waals surface area contributed by atoms with Gasteiger partial charge in [-0.15, -0.1) is 11.6 Å². The quantitative estimate of drug-likeness (QED) is 0.761. The van der Waals surface area contributed by atoms with Crippen molar-refractivity contribution in [2.24, 2.45) is 5.16 Å². The Hall–Kier alpha value is -0.250. The van der Waals surface area contributed by atoms with Crippen molar-refractivity contribution in [3.63, 3.8) is 0 Å². The molecule has 1 aliphatic rings. The van der Waals surface area contributed by atoms with Gasteiger partial charge in [0.25, 0.3) is 0 Å². The molecule has 1 atom stereocenters. The summed E-state index contributed by atoms with van der Waals surface area (Å²) in [5, 5.41) is 4.68. The van der Waals surface area contributed by atoms with Crippen molar-refractivity contribution in [2.75, 3.05) is 5.88 Å². The van der Waals surface area contributed by atoms with Gasteiger partial charge in [0.15, 0.2) is 0 Å². The molecule has 0 bridgehead atoms. The first-order chi connectivity index (χ1) is 7.20. The average molecular weight is 309 g/mol. The van der Waals surface area contributed by atoms with Gasteiger partial charge in [0.2, 0.25) is 0 Å². The van der Waals surface area contributed by atoms with Gasteiger partial charge in [0, 0.05) is 16.5 Å². The van der Waals surface area contributed by atoms with Crippen molar-refractivity contribution in [1.82, 2.24) is 0 Å². The Morgan fingerprint density at radius 3 is 2.93 bits per heavy atom. The van der Waals surface area contributed by atoms with Gasteiger partial charge in [0.1, 0.15) is 6.10 Å². The number of oxime groups is 1. The Balaban J connectivity index is 2.21. The summed E-state index contributed by atoms with van der Waals surface area (Å²) >= 11 is 15.0. The number of alkyl halides is 1. The van der Waals surface area contributed by atoms with E-state index in [0.717, 1.165) is 22.2 Å². The van der Waals surface area contributed by atoms with E-state index in [9.17, 15) is 0 Å². The van der Waals surface area contributed by atoms with E-state index in [1.165, 1.54) is 0 Å². The summed E-state index contributed by atoms with van der Waals surface area (Å²) in [7, 11) is 0. The summed E-state index contributed by atoms with van der Waals surface area (Å²) < 4.78 is 0.860. The third-order valence-electron chi connectivity index (χ3n) is 2.16. The normalized spacial score (nSPS) is 19.9. The lowest BCUT2D eigenvalue weighted by Gasteiger charge is -2.02. The standard InChI is InChI=1S/C10H8BrCl2NO/c11-8-3-6(1-2-9(8)13)10-4-7(5-12)15-14-10/h1-3,7H,4-5H2. The molecule has 80 valence electrons. The van der Waals surface area contributed by atoms with E-state index in [4.69, 9.17) is 28.0 Å². The zero-order valence-corrected chi connectivity index (χ0v) is 10.8. The number of rotatable bonds is 2. The molecule has 0 aromatic heterocycles. The van der Waals surface area contributed by atoms with E-state index in [2.05, 4.69) is 21.1 Å². The molecule has 0 radical (unpaired) electrons. The van der Waals surface area contributed by atoms with Gasteiger partial charge in [-0.25, -0.2) is 0 Å².